The fraction of sp³-hybridized carbons (Fsp3) is 0.737. The minimum absolute atomic E-state index is 0.433. The lowest BCUT2D eigenvalue weighted by Gasteiger charge is -2.27. The van der Waals surface area contributed by atoms with Gasteiger partial charge in [0.1, 0.15) is 5.60 Å². The first-order valence-corrected chi connectivity index (χ1v) is 9.54. The van der Waals surface area contributed by atoms with Gasteiger partial charge in [0, 0.05) is 18.8 Å². The van der Waals surface area contributed by atoms with E-state index in [1.807, 2.05) is 54.7 Å². The fourth-order valence-corrected chi connectivity index (χ4v) is 2.35. The van der Waals surface area contributed by atoms with Gasteiger partial charge in [0.05, 0.1) is 18.3 Å². The number of ether oxygens (including phenoxy) is 1. The number of hydrogen-bond acceptors (Lipinski definition) is 4. The van der Waals surface area contributed by atoms with E-state index in [0.717, 1.165) is 37.6 Å². The average Bonchev–Trinajstić information content (AvgIpc) is 2.91. The SMILES string of the molecule is CCNC(=NCC(C)(C)NC(=O)OC(C)(C)C)NCCCc1cn[nH]c1C. The van der Waals surface area contributed by atoms with E-state index in [1.54, 1.807) is 0 Å². The summed E-state index contributed by atoms with van der Waals surface area (Å²) < 4.78 is 5.31. The van der Waals surface area contributed by atoms with Crippen molar-refractivity contribution in [3.05, 3.63) is 17.5 Å². The average molecular weight is 381 g/mol. The minimum atomic E-state index is -0.521. The molecule has 8 nitrogen and oxygen atoms in total. The zero-order valence-electron chi connectivity index (χ0n) is 17.8. The van der Waals surface area contributed by atoms with Gasteiger partial charge in [-0.3, -0.25) is 10.1 Å². The van der Waals surface area contributed by atoms with Gasteiger partial charge in [0.2, 0.25) is 0 Å². The van der Waals surface area contributed by atoms with Crippen molar-refractivity contribution < 1.29 is 9.53 Å². The third kappa shape index (κ3) is 9.86. The molecule has 0 saturated carbocycles. The van der Waals surface area contributed by atoms with E-state index in [2.05, 4.69) is 31.1 Å². The molecule has 4 N–H and O–H groups in total. The largest absolute Gasteiger partial charge is 0.444 e. The number of aliphatic imine (C=N–C) groups is 1. The van der Waals surface area contributed by atoms with Crippen molar-refractivity contribution >= 4 is 12.1 Å². The number of aromatic nitrogens is 2. The summed E-state index contributed by atoms with van der Waals surface area (Å²) in [5, 5.41) is 16.4. The maximum Gasteiger partial charge on any atom is 0.408 e. The standard InChI is InChI=1S/C19H36N6O2/c1-8-20-16(21-11-9-10-15-12-23-25-14(15)2)22-13-19(6,7)24-17(26)27-18(3,4)5/h12H,8-11,13H2,1-7H3,(H,23,25)(H,24,26)(H2,20,21,22). The van der Waals surface area contributed by atoms with Crippen molar-refractivity contribution in [3.63, 3.8) is 0 Å². The smallest absolute Gasteiger partial charge is 0.408 e. The Morgan fingerprint density at radius 1 is 1.26 bits per heavy atom. The highest BCUT2D eigenvalue weighted by Gasteiger charge is 2.24. The number of amides is 1. The number of H-pyrrole nitrogens is 1. The first-order valence-electron chi connectivity index (χ1n) is 9.54. The van der Waals surface area contributed by atoms with Gasteiger partial charge >= 0.3 is 6.09 Å². The molecule has 27 heavy (non-hydrogen) atoms. The van der Waals surface area contributed by atoms with E-state index in [4.69, 9.17) is 4.74 Å². The van der Waals surface area contributed by atoms with Crippen molar-refractivity contribution in [2.75, 3.05) is 19.6 Å². The lowest BCUT2D eigenvalue weighted by molar-refractivity contribution is 0.0476. The zero-order valence-corrected chi connectivity index (χ0v) is 17.8. The molecule has 1 rings (SSSR count). The second-order valence-corrected chi connectivity index (χ2v) is 8.26. The molecule has 0 radical (unpaired) electrons. The van der Waals surface area contributed by atoms with E-state index >= 15 is 0 Å². The first-order chi connectivity index (χ1) is 12.5. The van der Waals surface area contributed by atoms with Crippen molar-refractivity contribution in [3.8, 4) is 0 Å². The quantitative estimate of drug-likeness (QED) is 0.315. The third-order valence-corrected chi connectivity index (χ3v) is 3.67. The second-order valence-electron chi connectivity index (χ2n) is 8.26. The van der Waals surface area contributed by atoms with E-state index in [9.17, 15) is 4.79 Å². The molecule has 0 atom stereocenters. The Balaban J connectivity index is 2.48. The summed E-state index contributed by atoms with van der Waals surface area (Å²) in [5.41, 5.74) is 1.32. The molecule has 0 aliphatic heterocycles. The molecule has 1 aromatic heterocycles. The van der Waals surface area contributed by atoms with Crippen LogP contribution in [0.1, 0.15) is 59.2 Å². The maximum absolute atomic E-state index is 12.0. The molecule has 154 valence electrons. The van der Waals surface area contributed by atoms with Crippen LogP contribution in [0.25, 0.3) is 0 Å². The van der Waals surface area contributed by atoms with Crippen LogP contribution in [0.2, 0.25) is 0 Å². The lowest BCUT2D eigenvalue weighted by atomic mass is 10.1. The van der Waals surface area contributed by atoms with Crippen LogP contribution in [0, 0.1) is 6.92 Å². The third-order valence-electron chi connectivity index (χ3n) is 3.67. The van der Waals surface area contributed by atoms with Gasteiger partial charge in [0.15, 0.2) is 5.96 Å². The van der Waals surface area contributed by atoms with Gasteiger partial charge in [0.25, 0.3) is 0 Å². The van der Waals surface area contributed by atoms with Gasteiger partial charge in [-0.15, -0.1) is 0 Å². The Kier molecular flexibility index (Phi) is 8.59. The van der Waals surface area contributed by atoms with Crippen molar-refractivity contribution in [2.45, 2.75) is 72.4 Å². The van der Waals surface area contributed by atoms with Crippen molar-refractivity contribution in [1.29, 1.82) is 0 Å². The van der Waals surface area contributed by atoms with Crippen LogP contribution in [-0.2, 0) is 11.2 Å². The molecule has 0 aliphatic carbocycles. The highest BCUT2D eigenvalue weighted by molar-refractivity contribution is 5.79. The number of nitrogens with one attached hydrogen (secondary N) is 4. The number of aromatic amines is 1. The molecule has 1 aromatic rings. The van der Waals surface area contributed by atoms with E-state index in [0.29, 0.717) is 6.54 Å². The predicted octanol–water partition coefficient (Wildman–Crippen LogP) is 2.51. The van der Waals surface area contributed by atoms with Gasteiger partial charge in [-0.2, -0.15) is 5.10 Å². The van der Waals surface area contributed by atoms with Crippen molar-refractivity contribution in [2.24, 2.45) is 4.99 Å². The molecule has 1 heterocycles. The molecule has 0 aliphatic rings. The minimum Gasteiger partial charge on any atom is -0.444 e. The van der Waals surface area contributed by atoms with E-state index < -0.39 is 17.2 Å². The Morgan fingerprint density at radius 3 is 2.52 bits per heavy atom. The Hall–Kier alpha value is -2.25. The van der Waals surface area contributed by atoms with Gasteiger partial charge in [-0.05, 0) is 66.9 Å². The zero-order chi connectivity index (χ0) is 20.5. The topological polar surface area (TPSA) is 103 Å². The molecule has 8 heteroatoms. The molecular formula is C19H36N6O2. The number of carbonyl (C=O) groups is 1. The summed E-state index contributed by atoms with van der Waals surface area (Å²) >= 11 is 0. The van der Waals surface area contributed by atoms with E-state index in [-0.39, 0.29) is 0 Å². The predicted molar refractivity (Wildman–Crippen MR) is 109 cm³/mol. The first kappa shape index (κ1) is 22.8. The highest BCUT2D eigenvalue weighted by Crippen LogP contribution is 2.10. The molecule has 0 unspecified atom stereocenters. The van der Waals surface area contributed by atoms with Gasteiger partial charge in [-0.25, -0.2) is 4.79 Å². The summed E-state index contributed by atoms with van der Waals surface area (Å²) in [6, 6.07) is 0. The molecule has 0 aromatic carbocycles. The van der Waals surface area contributed by atoms with Crippen LogP contribution < -0.4 is 16.0 Å². The molecular weight excluding hydrogens is 344 g/mol. The number of aryl methyl sites for hydroxylation is 2. The Labute approximate surface area is 162 Å². The number of alkyl carbamates (subject to hydrolysis) is 1. The molecule has 0 fully saturated rings. The van der Waals surface area contributed by atoms with Crippen molar-refractivity contribution in [1.82, 2.24) is 26.1 Å². The number of carbonyl (C=O) groups excluding carboxylic acids is 1. The van der Waals surface area contributed by atoms with Crippen LogP contribution in [-0.4, -0.2) is 53.0 Å². The Bertz CT molecular complexity index is 616. The fourth-order valence-electron chi connectivity index (χ4n) is 2.35. The second kappa shape index (κ2) is 10.2. The number of rotatable bonds is 8. The van der Waals surface area contributed by atoms with Crippen LogP contribution in [0.15, 0.2) is 11.2 Å². The summed E-state index contributed by atoms with van der Waals surface area (Å²) in [5.74, 6) is 0.737. The number of nitrogens with zero attached hydrogens (tertiary/aromatic N) is 2. The van der Waals surface area contributed by atoms with Gasteiger partial charge in [-0.1, -0.05) is 0 Å². The summed E-state index contributed by atoms with van der Waals surface area (Å²) in [6.45, 7) is 15.4. The lowest BCUT2D eigenvalue weighted by Crippen LogP contribution is -2.49. The Morgan fingerprint density at radius 2 is 1.96 bits per heavy atom. The normalized spacial score (nSPS) is 12.6. The van der Waals surface area contributed by atoms with Crippen LogP contribution in [0.4, 0.5) is 4.79 Å². The number of hydrogen-bond donors (Lipinski definition) is 4. The summed E-state index contributed by atoms with van der Waals surface area (Å²) in [4.78, 5) is 16.6. The van der Waals surface area contributed by atoms with Crippen LogP contribution >= 0.6 is 0 Å². The summed E-state index contributed by atoms with van der Waals surface area (Å²) in [7, 11) is 0. The number of guanidine groups is 1. The van der Waals surface area contributed by atoms with Crippen LogP contribution in [0.3, 0.4) is 0 Å². The van der Waals surface area contributed by atoms with E-state index in [1.165, 1.54) is 5.56 Å². The van der Waals surface area contributed by atoms with Crippen LogP contribution in [0.5, 0.6) is 0 Å². The maximum atomic E-state index is 12.0. The summed E-state index contributed by atoms with van der Waals surface area (Å²) in [6.07, 6.45) is 3.38. The molecule has 1 amide bonds. The monoisotopic (exact) mass is 380 g/mol. The highest BCUT2D eigenvalue weighted by atomic mass is 16.6. The molecule has 0 spiro atoms. The molecule has 0 bridgehead atoms. The molecule has 0 saturated heterocycles. The van der Waals surface area contributed by atoms with Gasteiger partial charge < -0.3 is 20.7 Å².